The van der Waals surface area contributed by atoms with Gasteiger partial charge in [-0.1, -0.05) is 30.2 Å². The van der Waals surface area contributed by atoms with Crippen molar-refractivity contribution in [2.24, 2.45) is 11.7 Å². The number of carboxylic acids is 1. The van der Waals surface area contributed by atoms with Gasteiger partial charge in [-0.15, -0.1) is 0 Å². The SMILES string of the molecule is NC(=O)CC1C(=O)N(CCCCCC(=O)c2ccc(Cl)cc2)C1S(=O)Cc1ccc(C(=O)O)cc1. The highest BCUT2D eigenvalue weighted by atomic mass is 35.5. The molecule has 3 unspecified atom stereocenters. The molecule has 186 valence electrons. The summed E-state index contributed by atoms with van der Waals surface area (Å²) < 4.78 is 13.1. The predicted molar refractivity (Wildman–Crippen MR) is 132 cm³/mol. The molecule has 35 heavy (non-hydrogen) atoms. The number of nitrogens with zero attached hydrogens (tertiary/aromatic N) is 1. The van der Waals surface area contributed by atoms with Gasteiger partial charge in [0.1, 0.15) is 5.37 Å². The first-order valence-corrected chi connectivity index (χ1v) is 13.0. The maximum Gasteiger partial charge on any atom is 0.335 e. The van der Waals surface area contributed by atoms with E-state index in [-0.39, 0.29) is 29.4 Å². The molecule has 1 fully saturated rings. The highest BCUT2D eigenvalue weighted by Gasteiger charge is 2.50. The number of nitrogens with two attached hydrogens (primary N) is 1. The molecule has 1 saturated heterocycles. The van der Waals surface area contributed by atoms with Crippen LogP contribution in [0.5, 0.6) is 0 Å². The number of benzene rings is 2. The van der Waals surface area contributed by atoms with E-state index in [0.29, 0.717) is 48.4 Å². The van der Waals surface area contributed by atoms with Crippen LogP contribution in [0, 0.1) is 5.92 Å². The third kappa shape index (κ3) is 6.99. The topological polar surface area (TPSA) is 135 Å². The Balaban J connectivity index is 1.53. The summed E-state index contributed by atoms with van der Waals surface area (Å²) in [6.45, 7) is 0.373. The number of likely N-dealkylation sites (tertiary alicyclic amines) is 1. The molecule has 2 aromatic rings. The van der Waals surface area contributed by atoms with Gasteiger partial charge in [0.15, 0.2) is 5.78 Å². The minimum atomic E-state index is -1.50. The molecule has 0 saturated carbocycles. The molecular weight excluding hydrogens is 492 g/mol. The molecule has 3 atom stereocenters. The van der Waals surface area contributed by atoms with Crippen molar-refractivity contribution in [2.75, 3.05) is 6.54 Å². The fourth-order valence-corrected chi connectivity index (χ4v) is 5.97. The Morgan fingerprint density at radius 2 is 1.60 bits per heavy atom. The van der Waals surface area contributed by atoms with Crippen LogP contribution in [-0.2, 0) is 26.1 Å². The molecule has 2 amide bonds. The van der Waals surface area contributed by atoms with E-state index in [1.807, 2.05) is 0 Å². The van der Waals surface area contributed by atoms with Crippen LogP contribution in [-0.4, -0.2) is 49.7 Å². The quantitative estimate of drug-likeness (QED) is 0.237. The van der Waals surface area contributed by atoms with Crippen LogP contribution in [0.3, 0.4) is 0 Å². The number of carbonyl (C=O) groups excluding carboxylic acids is 3. The number of carbonyl (C=O) groups is 4. The van der Waals surface area contributed by atoms with E-state index in [1.54, 1.807) is 36.4 Å². The summed E-state index contributed by atoms with van der Waals surface area (Å²) in [4.78, 5) is 48.9. The van der Waals surface area contributed by atoms with Crippen molar-refractivity contribution in [2.45, 2.75) is 43.2 Å². The number of ketones is 1. The van der Waals surface area contributed by atoms with Crippen molar-refractivity contribution in [1.29, 1.82) is 0 Å². The van der Waals surface area contributed by atoms with Crippen LogP contribution in [0.25, 0.3) is 0 Å². The van der Waals surface area contributed by atoms with Crippen LogP contribution in [0.4, 0.5) is 0 Å². The van der Waals surface area contributed by atoms with Crippen molar-refractivity contribution in [3.05, 3.63) is 70.2 Å². The van der Waals surface area contributed by atoms with Gasteiger partial charge in [-0.25, -0.2) is 4.79 Å². The summed E-state index contributed by atoms with van der Waals surface area (Å²) >= 11 is 5.85. The maximum absolute atomic E-state index is 13.1. The van der Waals surface area contributed by atoms with E-state index in [4.69, 9.17) is 22.4 Å². The van der Waals surface area contributed by atoms with E-state index in [9.17, 15) is 23.4 Å². The summed E-state index contributed by atoms with van der Waals surface area (Å²) in [5.74, 6) is -2.50. The second-order valence-corrected chi connectivity index (χ2v) is 10.4. The standard InChI is InChI=1S/C25H27ClN2O6S/c26-19-11-9-17(10-12-19)21(29)4-2-1-3-13-28-23(31)20(14-22(27)30)24(28)35(34)15-16-5-7-18(8-6-16)25(32)33/h5-12,20,24H,1-4,13-15H2,(H2,27,30)(H,32,33). The Bertz CT molecular complexity index is 1120. The lowest BCUT2D eigenvalue weighted by Crippen LogP contribution is -2.63. The molecule has 3 N–H and O–H groups in total. The van der Waals surface area contributed by atoms with Gasteiger partial charge in [-0.05, 0) is 54.8 Å². The number of amides is 2. The van der Waals surface area contributed by atoms with Crippen molar-refractivity contribution < 1.29 is 28.5 Å². The Labute approximate surface area is 210 Å². The summed E-state index contributed by atoms with van der Waals surface area (Å²) in [6, 6.07) is 12.8. The molecule has 8 nitrogen and oxygen atoms in total. The number of unbranched alkanes of at least 4 members (excludes halogenated alkanes) is 2. The number of aromatic carboxylic acids is 1. The first kappa shape index (κ1) is 26.6. The Morgan fingerprint density at radius 1 is 0.971 bits per heavy atom. The third-order valence-corrected chi connectivity index (χ3v) is 7.91. The summed E-state index contributed by atoms with van der Waals surface area (Å²) in [5, 5.41) is 8.96. The zero-order valence-electron chi connectivity index (χ0n) is 19.0. The number of β-lactam (4-membered cyclic amide) rings is 1. The van der Waals surface area contributed by atoms with E-state index < -0.39 is 34.0 Å². The van der Waals surface area contributed by atoms with Gasteiger partial charge in [-0.2, -0.15) is 0 Å². The lowest BCUT2D eigenvalue weighted by atomic mass is 9.93. The fourth-order valence-electron chi connectivity index (χ4n) is 4.08. The zero-order valence-corrected chi connectivity index (χ0v) is 20.6. The number of primary amides is 1. The molecule has 10 heteroatoms. The molecule has 0 aromatic heterocycles. The van der Waals surface area contributed by atoms with Gasteiger partial charge in [0, 0.05) is 40.8 Å². The van der Waals surface area contributed by atoms with Crippen LogP contribution in [0.2, 0.25) is 5.02 Å². The molecule has 1 aliphatic rings. The number of rotatable bonds is 13. The molecule has 2 aromatic carbocycles. The average molecular weight is 519 g/mol. The monoisotopic (exact) mass is 518 g/mol. The van der Waals surface area contributed by atoms with Gasteiger partial charge in [0.05, 0.1) is 17.2 Å². The molecule has 1 aliphatic heterocycles. The Hall–Kier alpha value is -3.04. The molecule has 3 rings (SSSR count). The van der Waals surface area contributed by atoms with Crippen molar-refractivity contribution in [3.8, 4) is 0 Å². The third-order valence-electron chi connectivity index (χ3n) is 5.92. The number of Topliss-reactive ketones (excluding diaryl/α,β-unsaturated/α-hetero) is 1. The second kappa shape index (κ2) is 12.1. The fraction of sp³-hybridized carbons (Fsp3) is 0.360. The van der Waals surface area contributed by atoms with Gasteiger partial charge >= 0.3 is 5.97 Å². The van der Waals surface area contributed by atoms with Gasteiger partial charge < -0.3 is 15.7 Å². The van der Waals surface area contributed by atoms with E-state index in [0.717, 1.165) is 0 Å². The van der Waals surface area contributed by atoms with Crippen LogP contribution in [0.15, 0.2) is 48.5 Å². The summed E-state index contributed by atoms with van der Waals surface area (Å²) in [6.07, 6.45) is 2.20. The predicted octanol–water partition coefficient (Wildman–Crippen LogP) is 3.39. The lowest BCUT2D eigenvalue weighted by molar-refractivity contribution is -0.152. The molecule has 0 spiro atoms. The smallest absolute Gasteiger partial charge is 0.335 e. The van der Waals surface area contributed by atoms with Crippen LogP contribution in [0.1, 0.15) is 58.4 Å². The van der Waals surface area contributed by atoms with E-state index >= 15 is 0 Å². The molecular formula is C25H27ClN2O6S. The minimum absolute atomic E-state index is 0.0242. The number of hydrogen-bond donors (Lipinski definition) is 2. The Morgan fingerprint density at radius 3 is 2.20 bits per heavy atom. The second-order valence-electron chi connectivity index (χ2n) is 8.47. The summed E-state index contributed by atoms with van der Waals surface area (Å²) in [5.41, 5.74) is 6.69. The van der Waals surface area contributed by atoms with Crippen molar-refractivity contribution >= 4 is 46.0 Å². The largest absolute Gasteiger partial charge is 0.478 e. The first-order valence-electron chi connectivity index (χ1n) is 11.2. The highest BCUT2D eigenvalue weighted by Crippen LogP contribution is 2.33. The van der Waals surface area contributed by atoms with E-state index in [1.165, 1.54) is 17.0 Å². The van der Waals surface area contributed by atoms with Crippen molar-refractivity contribution in [3.63, 3.8) is 0 Å². The average Bonchev–Trinajstić information content (AvgIpc) is 2.82. The van der Waals surface area contributed by atoms with Crippen LogP contribution >= 0.6 is 11.6 Å². The maximum atomic E-state index is 13.1. The first-order chi connectivity index (χ1) is 16.7. The summed E-state index contributed by atoms with van der Waals surface area (Å²) in [7, 11) is -1.50. The number of halogens is 1. The minimum Gasteiger partial charge on any atom is -0.478 e. The molecule has 0 aliphatic carbocycles. The number of carboxylic acid groups (broad SMARTS) is 1. The molecule has 1 heterocycles. The lowest BCUT2D eigenvalue weighted by Gasteiger charge is -2.46. The zero-order chi connectivity index (χ0) is 25.5. The van der Waals surface area contributed by atoms with Gasteiger partial charge in [-0.3, -0.25) is 18.6 Å². The van der Waals surface area contributed by atoms with Crippen LogP contribution < -0.4 is 5.73 Å². The van der Waals surface area contributed by atoms with Crippen molar-refractivity contribution in [1.82, 2.24) is 4.90 Å². The van der Waals surface area contributed by atoms with E-state index in [2.05, 4.69) is 0 Å². The molecule has 0 bridgehead atoms. The normalized spacial score (nSPS) is 18.1. The van der Waals surface area contributed by atoms with Gasteiger partial charge in [0.2, 0.25) is 11.8 Å². The Kier molecular flexibility index (Phi) is 9.17. The molecule has 0 radical (unpaired) electrons. The van der Waals surface area contributed by atoms with Gasteiger partial charge in [0.25, 0.3) is 0 Å². The number of hydrogen-bond acceptors (Lipinski definition) is 5. The highest BCUT2D eigenvalue weighted by molar-refractivity contribution is 7.85.